The van der Waals surface area contributed by atoms with Gasteiger partial charge in [-0.25, -0.2) is 23.1 Å². The van der Waals surface area contributed by atoms with Gasteiger partial charge >= 0.3 is 0 Å². The van der Waals surface area contributed by atoms with Crippen molar-refractivity contribution < 1.29 is 18.0 Å². The maximum absolute atomic E-state index is 13.9. The molecule has 5 rings (SSSR count). The van der Waals surface area contributed by atoms with Crippen LogP contribution < -0.4 is 5.32 Å². The lowest BCUT2D eigenvalue weighted by Crippen LogP contribution is -2.15. The molecule has 0 atom stereocenters. The van der Waals surface area contributed by atoms with Gasteiger partial charge < -0.3 is 9.88 Å². The minimum Gasteiger partial charge on any atom is -0.315 e. The molecular weight excluding hydrogens is 425 g/mol. The topological polar surface area (TPSA) is 59.8 Å². The molecule has 1 amide bonds. The molecule has 0 saturated heterocycles. The number of amides is 1. The third-order valence-corrected chi connectivity index (χ3v) is 6.30. The van der Waals surface area contributed by atoms with E-state index in [1.165, 1.54) is 0 Å². The highest BCUT2D eigenvalue weighted by Crippen LogP contribution is 2.38. The molecule has 1 aliphatic rings. The molecule has 31 heavy (non-hydrogen) atoms. The number of fused-ring (bicyclic) bond motifs is 3. The van der Waals surface area contributed by atoms with Gasteiger partial charge in [-0.1, -0.05) is 6.07 Å². The highest BCUT2D eigenvalue weighted by molar-refractivity contribution is 7.17. The number of halogens is 3. The fraction of sp³-hybridized carbons (Fsp3) is 0.136. The fourth-order valence-electron chi connectivity index (χ4n) is 3.65. The highest BCUT2D eigenvalue weighted by Gasteiger charge is 2.24. The number of nitrogens with zero attached hydrogens (tertiary/aromatic N) is 3. The highest BCUT2D eigenvalue weighted by atomic mass is 32.1. The summed E-state index contributed by atoms with van der Waals surface area (Å²) in [5, 5.41) is 2.19. The molecule has 0 fully saturated rings. The second-order valence-corrected chi connectivity index (χ2v) is 8.13. The zero-order chi connectivity index (χ0) is 21.5. The minimum atomic E-state index is -1.44. The van der Waals surface area contributed by atoms with Gasteiger partial charge in [0.25, 0.3) is 5.91 Å². The molecule has 2 aromatic carbocycles. The first-order valence-electron chi connectivity index (χ1n) is 9.57. The fourth-order valence-corrected chi connectivity index (χ4v) is 4.71. The number of carbonyl (C=O) groups is 1. The van der Waals surface area contributed by atoms with Gasteiger partial charge in [0.1, 0.15) is 11.5 Å². The van der Waals surface area contributed by atoms with Crippen molar-refractivity contribution in [3.05, 3.63) is 82.8 Å². The molecule has 2 aromatic heterocycles. The first-order chi connectivity index (χ1) is 15.0. The molecule has 156 valence electrons. The van der Waals surface area contributed by atoms with Crippen molar-refractivity contribution in [3.63, 3.8) is 0 Å². The van der Waals surface area contributed by atoms with Gasteiger partial charge in [-0.15, -0.1) is 11.3 Å². The van der Waals surface area contributed by atoms with Gasteiger partial charge in [0.05, 0.1) is 16.9 Å². The van der Waals surface area contributed by atoms with E-state index in [1.54, 1.807) is 12.5 Å². The predicted octanol–water partition coefficient (Wildman–Crippen LogP) is 5.15. The van der Waals surface area contributed by atoms with Gasteiger partial charge in [0.15, 0.2) is 16.6 Å². The van der Waals surface area contributed by atoms with Gasteiger partial charge in [-0.05, 0) is 54.7 Å². The lowest BCUT2D eigenvalue weighted by Gasteiger charge is -2.09. The van der Waals surface area contributed by atoms with Crippen LogP contribution in [0.1, 0.15) is 27.5 Å². The molecular formula is C22H15F3N4OS. The van der Waals surface area contributed by atoms with Crippen LogP contribution in [0.2, 0.25) is 0 Å². The number of aryl methyl sites for hydroxylation is 2. The summed E-state index contributed by atoms with van der Waals surface area (Å²) in [5.41, 5.74) is 2.97. The van der Waals surface area contributed by atoms with Crippen LogP contribution in [0, 0.1) is 17.5 Å². The zero-order valence-electron chi connectivity index (χ0n) is 16.0. The summed E-state index contributed by atoms with van der Waals surface area (Å²) < 4.78 is 43.2. The van der Waals surface area contributed by atoms with Crippen LogP contribution >= 0.6 is 11.3 Å². The third-order valence-electron chi connectivity index (χ3n) is 5.17. The summed E-state index contributed by atoms with van der Waals surface area (Å²) in [4.78, 5) is 22.0. The quantitative estimate of drug-likeness (QED) is 0.448. The van der Waals surface area contributed by atoms with E-state index in [2.05, 4.69) is 21.4 Å². The van der Waals surface area contributed by atoms with Crippen molar-refractivity contribution in [3.8, 4) is 16.1 Å². The number of rotatable bonds is 3. The van der Waals surface area contributed by atoms with Crippen LogP contribution in [0.4, 0.5) is 18.9 Å². The number of carbonyl (C=O) groups excluding carboxylic acids is 1. The molecule has 0 saturated carbocycles. The summed E-state index contributed by atoms with van der Waals surface area (Å²) in [7, 11) is 0. The van der Waals surface area contributed by atoms with E-state index >= 15 is 0 Å². The number of imidazole rings is 1. The number of benzene rings is 2. The molecule has 1 N–H and O–H groups in total. The Morgan fingerprint density at radius 3 is 2.74 bits per heavy atom. The lowest BCUT2D eigenvalue weighted by molar-refractivity contribution is 0.102. The first kappa shape index (κ1) is 19.5. The number of aromatic nitrogens is 3. The largest absolute Gasteiger partial charge is 0.315 e. The molecule has 9 heteroatoms. The predicted molar refractivity (Wildman–Crippen MR) is 111 cm³/mol. The number of hydrogen-bond acceptors (Lipinski definition) is 4. The average molecular weight is 440 g/mol. The number of hydrogen-bond donors (Lipinski definition) is 1. The Kier molecular flexibility index (Phi) is 4.82. The third kappa shape index (κ3) is 3.50. The van der Waals surface area contributed by atoms with Crippen molar-refractivity contribution in [1.82, 2.24) is 14.5 Å². The van der Waals surface area contributed by atoms with E-state index in [-0.39, 0.29) is 5.01 Å². The second-order valence-electron chi connectivity index (χ2n) is 7.13. The number of anilines is 1. The van der Waals surface area contributed by atoms with E-state index in [4.69, 9.17) is 0 Å². The molecule has 5 nitrogen and oxygen atoms in total. The molecule has 0 spiro atoms. The van der Waals surface area contributed by atoms with E-state index in [0.29, 0.717) is 12.5 Å². The lowest BCUT2D eigenvalue weighted by atomic mass is 10.0. The van der Waals surface area contributed by atoms with Crippen LogP contribution in [0.5, 0.6) is 0 Å². The van der Waals surface area contributed by atoms with Crippen LogP contribution in [0.15, 0.2) is 49.1 Å². The summed E-state index contributed by atoms with van der Waals surface area (Å²) >= 11 is 1.15. The van der Waals surface area contributed by atoms with E-state index in [0.717, 1.165) is 57.6 Å². The second kappa shape index (κ2) is 7.66. The van der Waals surface area contributed by atoms with Gasteiger partial charge in [0, 0.05) is 18.1 Å². The zero-order valence-corrected chi connectivity index (χ0v) is 16.8. The Labute approximate surface area is 179 Å². The van der Waals surface area contributed by atoms with E-state index < -0.39 is 29.0 Å². The van der Waals surface area contributed by atoms with Crippen LogP contribution in [-0.2, 0) is 12.8 Å². The Bertz CT molecular complexity index is 1300. The Balaban J connectivity index is 1.52. The Morgan fingerprint density at radius 2 is 1.94 bits per heavy atom. The smallest absolute Gasteiger partial charge is 0.284 e. The van der Waals surface area contributed by atoms with Gasteiger partial charge in [-0.2, -0.15) is 0 Å². The molecule has 1 aliphatic carbocycles. The standard InChI is InChI=1S/C22H15F3N4OS/c23-15-6-7-16(24)19(18(15)25)28-21(30)22-27-17-3-1-2-12-4-5-13(29-9-8-26-11-29)10-14(12)20(17)31-22/h4-11H,1-3H2,(H,28,30). The molecule has 0 unspecified atom stereocenters. The van der Waals surface area contributed by atoms with Crippen LogP contribution in [0.3, 0.4) is 0 Å². The maximum atomic E-state index is 13.9. The summed E-state index contributed by atoms with van der Waals surface area (Å²) in [5.74, 6) is -4.52. The maximum Gasteiger partial charge on any atom is 0.284 e. The van der Waals surface area contributed by atoms with Crippen molar-refractivity contribution in [2.24, 2.45) is 0 Å². The van der Waals surface area contributed by atoms with Gasteiger partial charge in [-0.3, -0.25) is 4.79 Å². The summed E-state index contributed by atoms with van der Waals surface area (Å²) in [6.07, 6.45) is 7.65. The number of nitrogens with one attached hydrogen (secondary N) is 1. The van der Waals surface area contributed by atoms with Crippen molar-refractivity contribution in [2.75, 3.05) is 5.32 Å². The monoisotopic (exact) mass is 440 g/mol. The van der Waals surface area contributed by atoms with Crippen molar-refractivity contribution >= 4 is 22.9 Å². The normalized spacial score (nSPS) is 12.7. The molecule has 0 bridgehead atoms. The van der Waals surface area contributed by atoms with Gasteiger partial charge in [0.2, 0.25) is 0 Å². The Morgan fingerprint density at radius 1 is 1.10 bits per heavy atom. The summed E-state index contributed by atoms with van der Waals surface area (Å²) in [6.45, 7) is 0. The van der Waals surface area contributed by atoms with Crippen LogP contribution in [-0.4, -0.2) is 20.4 Å². The SMILES string of the molecule is O=C(Nc1c(F)ccc(F)c1F)c1nc2c(s1)-c1cc(-n3ccnc3)ccc1CCC2. The van der Waals surface area contributed by atoms with E-state index in [1.807, 2.05) is 22.9 Å². The van der Waals surface area contributed by atoms with Crippen molar-refractivity contribution in [2.45, 2.75) is 19.3 Å². The Hall–Kier alpha value is -3.46. The van der Waals surface area contributed by atoms with Crippen molar-refractivity contribution in [1.29, 1.82) is 0 Å². The number of thiazole rings is 1. The average Bonchev–Trinajstić information content (AvgIpc) is 3.42. The molecule has 2 heterocycles. The first-order valence-corrected chi connectivity index (χ1v) is 10.4. The molecule has 0 aliphatic heterocycles. The molecule has 4 aromatic rings. The van der Waals surface area contributed by atoms with Crippen LogP contribution in [0.25, 0.3) is 16.1 Å². The minimum absolute atomic E-state index is 0.0638. The molecule has 0 radical (unpaired) electrons. The van der Waals surface area contributed by atoms with E-state index in [9.17, 15) is 18.0 Å². The summed E-state index contributed by atoms with van der Waals surface area (Å²) in [6, 6.07) is 7.51.